The zero-order chi connectivity index (χ0) is 24.5. The molecule has 7 aromatic rings. The van der Waals surface area contributed by atoms with Gasteiger partial charge in [-0.25, -0.2) is 9.55 Å². The first-order chi connectivity index (χ1) is 18.8. The van der Waals surface area contributed by atoms with E-state index in [1.165, 1.54) is 43.6 Å². The molecular weight excluding hydrogens is 492 g/mol. The van der Waals surface area contributed by atoms with Gasteiger partial charge in [-0.3, -0.25) is 0 Å². The van der Waals surface area contributed by atoms with E-state index in [4.69, 9.17) is 9.72 Å². The highest BCUT2D eigenvalue weighted by Gasteiger charge is 2.70. The molecule has 7 nitrogen and oxygen atoms in total. The Balaban J connectivity index is 1.52. The third-order valence-electron chi connectivity index (χ3n) is 8.74. The molecular formula is C30H17N6OS+3. The minimum Gasteiger partial charge on any atom is -0.427 e. The second-order valence-electron chi connectivity index (χ2n) is 10.3. The number of hydrogen-bond acceptors (Lipinski definition) is 3. The molecule has 8 heterocycles. The molecule has 1 spiro atoms. The number of imidazole rings is 1. The molecule has 0 bridgehead atoms. The van der Waals surface area contributed by atoms with Crippen LogP contribution in [0, 0.1) is 0 Å². The van der Waals surface area contributed by atoms with Crippen molar-refractivity contribution >= 4 is 56.1 Å². The molecule has 0 saturated heterocycles. The van der Waals surface area contributed by atoms with E-state index >= 15 is 0 Å². The van der Waals surface area contributed by atoms with Crippen LogP contribution in [-0.4, -0.2) is 14.1 Å². The van der Waals surface area contributed by atoms with E-state index in [1.54, 1.807) is 11.8 Å². The molecule has 0 radical (unpaired) electrons. The molecule has 38 heavy (non-hydrogen) atoms. The smallest absolute Gasteiger partial charge is 0.352 e. The van der Waals surface area contributed by atoms with Gasteiger partial charge in [0.05, 0.1) is 26.9 Å². The van der Waals surface area contributed by atoms with Crippen molar-refractivity contribution in [1.82, 2.24) is 18.8 Å². The first-order valence-corrected chi connectivity index (χ1v) is 13.5. The molecule has 1 unspecified atom stereocenters. The summed E-state index contributed by atoms with van der Waals surface area (Å²) >= 11 is 1.80. The van der Waals surface area contributed by atoms with Crippen molar-refractivity contribution in [3.8, 4) is 28.7 Å². The molecule has 8 heteroatoms. The number of aryl methyl sites for hydroxylation is 1. The summed E-state index contributed by atoms with van der Waals surface area (Å²) in [4.78, 5) is 7.37. The molecule has 0 amide bonds. The Morgan fingerprint density at radius 1 is 0.895 bits per heavy atom. The molecule has 0 aliphatic carbocycles. The van der Waals surface area contributed by atoms with E-state index in [0.717, 1.165) is 33.4 Å². The standard InChI is InChI=1S/C30H17N6OS/c1-32-19-10-2-3-11-20(19)35-29(32)18-8-4-12-21-26(18)36(35)27-25-23(15-31-28(27)37-21)38-22-13-5-7-16-17-9-6-14-33(36)30(17)34(25)24(16)22/h2-15H,1H3/q+3. The zero-order valence-electron chi connectivity index (χ0n) is 20.1. The Morgan fingerprint density at radius 2 is 1.79 bits per heavy atom. The van der Waals surface area contributed by atoms with Gasteiger partial charge in [-0.05, 0) is 53.2 Å². The van der Waals surface area contributed by atoms with Gasteiger partial charge in [0, 0.05) is 16.3 Å². The lowest BCUT2D eigenvalue weighted by Gasteiger charge is -2.34. The predicted octanol–water partition coefficient (Wildman–Crippen LogP) is 5.68. The largest absolute Gasteiger partial charge is 0.427 e. The van der Waals surface area contributed by atoms with Crippen LogP contribution in [0.3, 0.4) is 0 Å². The van der Waals surface area contributed by atoms with Gasteiger partial charge in [0.15, 0.2) is 23.0 Å². The number of para-hydroxylation sites is 4. The van der Waals surface area contributed by atoms with Gasteiger partial charge in [-0.15, -0.1) is 0 Å². The Bertz CT molecular complexity index is 2330. The molecule has 11 rings (SSSR count). The van der Waals surface area contributed by atoms with Crippen LogP contribution >= 0.6 is 11.8 Å². The quantitative estimate of drug-likeness (QED) is 0.195. The molecule has 0 fully saturated rings. The van der Waals surface area contributed by atoms with Gasteiger partial charge in [0.1, 0.15) is 5.56 Å². The SMILES string of the molecule is Cn1c2[n+](c3ccccc31)[N+]13c4c(cccc4-2)Oc2ncc4c(c21)-n1c2c(cccc2c2ccc[n+]3c21)S4. The average molecular weight is 510 g/mol. The number of pyridine rings is 2. The molecule has 176 valence electrons. The van der Waals surface area contributed by atoms with E-state index < -0.39 is 0 Å². The number of nitrogens with zero attached hydrogens (tertiary/aromatic N) is 6. The second kappa shape index (κ2) is 5.60. The lowest BCUT2D eigenvalue weighted by molar-refractivity contribution is -1.01. The summed E-state index contributed by atoms with van der Waals surface area (Å²) in [6, 6.07) is 26.2. The number of rotatable bonds is 0. The van der Waals surface area contributed by atoms with Crippen LogP contribution in [-0.2, 0) is 7.05 Å². The summed E-state index contributed by atoms with van der Waals surface area (Å²) in [6.07, 6.45) is 4.21. The number of ether oxygens (including phenoxy) is 1. The van der Waals surface area contributed by atoms with Crippen LogP contribution in [0.1, 0.15) is 0 Å². The normalized spacial score (nSPS) is 18.3. The molecule has 4 aromatic heterocycles. The van der Waals surface area contributed by atoms with Crippen molar-refractivity contribution in [1.29, 1.82) is 0 Å². The fraction of sp³-hybridized carbons (Fsp3) is 0.0333. The van der Waals surface area contributed by atoms with Crippen LogP contribution in [0.2, 0.25) is 0 Å². The fourth-order valence-electron chi connectivity index (χ4n) is 7.47. The summed E-state index contributed by atoms with van der Waals surface area (Å²) in [7, 11) is 2.17. The Morgan fingerprint density at radius 3 is 2.76 bits per heavy atom. The van der Waals surface area contributed by atoms with Crippen molar-refractivity contribution in [2.24, 2.45) is 7.05 Å². The van der Waals surface area contributed by atoms with Gasteiger partial charge >= 0.3 is 17.2 Å². The topological polar surface area (TPSA) is 39.7 Å². The maximum atomic E-state index is 6.65. The number of benzene rings is 3. The van der Waals surface area contributed by atoms with Crippen molar-refractivity contribution in [3.63, 3.8) is 0 Å². The highest BCUT2D eigenvalue weighted by atomic mass is 32.2. The Kier molecular flexibility index (Phi) is 2.73. The van der Waals surface area contributed by atoms with Gasteiger partial charge in [-0.2, -0.15) is 4.57 Å². The minimum absolute atomic E-state index is 0.344. The maximum Gasteiger partial charge on any atom is 0.352 e. The van der Waals surface area contributed by atoms with Gasteiger partial charge in [0.25, 0.3) is 11.6 Å². The first-order valence-electron chi connectivity index (χ1n) is 12.7. The maximum absolute atomic E-state index is 6.65. The molecule has 4 aliphatic heterocycles. The van der Waals surface area contributed by atoms with Crippen LogP contribution in [0.15, 0.2) is 95.0 Å². The van der Waals surface area contributed by atoms with Crippen molar-refractivity contribution in [3.05, 3.63) is 85.2 Å². The summed E-state index contributed by atoms with van der Waals surface area (Å²) in [5, 5.41) is 2.51. The second-order valence-corrected chi connectivity index (χ2v) is 11.4. The third kappa shape index (κ3) is 1.62. The zero-order valence-corrected chi connectivity index (χ0v) is 20.9. The molecule has 3 aromatic carbocycles. The minimum atomic E-state index is 0.344. The summed E-state index contributed by atoms with van der Waals surface area (Å²) < 4.78 is 16.7. The average Bonchev–Trinajstić information content (AvgIpc) is 3.57. The van der Waals surface area contributed by atoms with Crippen molar-refractivity contribution in [2.75, 3.05) is 0 Å². The van der Waals surface area contributed by atoms with E-state index in [-0.39, 0.29) is 0 Å². The van der Waals surface area contributed by atoms with E-state index in [2.05, 4.69) is 105 Å². The summed E-state index contributed by atoms with van der Waals surface area (Å²) in [5.41, 5.74) is 9.29. The first kappa shape index (κ1) is 18.6. The molecule has 0 saturated carbocycles. The lowest BCUT2D eigenvalue weighted by atomic mass is 10.1. The third-order valence-corrected chi connectivity index (χ3v) is 9.80. The summed E-state index contributed by atoms with van der Waals surface area (Å²) in [6.45, 7) is 0. The number of quaternary nitrogens is 1. The van der Waals surface area contributed by atoms with E-state index in [0.29, 0.717) is 10.6 Å². The fourth-order valence-corrected chi connectivity index (χ4v) is 8.55. The predicted molar refractivity (Wildman–Crippen MR) is 144 cm³/mol. The highest BCUT2D eigenvalue weighted by Crippen LogP contribution is 2.62. The van der Waals surface area contributed by atoms with Gasteiger partial charge < -0.3 is 4.74 Å². The highest BCUT2D eigenvalue weighted by molar-refractivity contribution is 7.99. The van der Waals surface area contributed by atoms with Crippen LogP contribution in [0.25, 0.3) is 50.0 Å². The van der Waals surface area contributed by atoms with E-state index in [1.807, 2.05) is 6.20 Å². The number of hydrogen-bond donors (Lipinski definition) is 0. The van der Waals surface area contributed by atoms with Crippen molar-refractivity contribution < 1.29 is 14.1 Å². The molecule has 4 aliphatic rings. The molecule has 1 atom stereocenters. The monoisotopic (exact) mass is 509 g/mol. The summed E-state index contributed by atoms with van der Waals surface area (Å²) in [5.74, 6) is 2.64. The molecule has 0 N–H and O–H groups in total. The van der Waals surface area contributed by atoms with Crippen LogP contribution in [0.5, 0.6) is 11.6 Å². The van der Waals surface area contributed by atoms with Crippen LogP contribution < -0.4 is 18.8 Å². The Hall–Kier alpha value is -4.66. The van der Waals surface area contributed by atoms with Gasteiger partial charge in [-0.1, -0.05) is 36.0 Å². The Labute approximate surface area is 219 Å². The van der Waals surface area contributed by atoms with Crippen LogP contribution in [0.4, 0.5) is 11.4 Å². The van der Waals surface area contributed by atoms with Crippen molar-refractivity contribution in [2.45, 2.75) is 9.79 Å². The lowest BCUT2D eigenvalue weighted by Crippen LogP contribution is -2.84. The number of aromatic nitrogens is 5. The number of fused-ring (bicyclic) bond motifs is 5. The van der Waals surface area contributed by atoms with E-state index in [9.17, 15) is 0 Å². The van der Waals surface area contributed by atoms with Gasteiger partial charge in [0.2, 0.25) is 11.2 Å².